The maximum atomic E-state index is 11.3. The molecule has 0 aliphatic heterocycles. The van der Waals surface area contributed by atoms with Gasteiger partial charge in [0.2, 0.25) is 0 Å². The van der Waals surface area contributed by atoms with Crippen molar-refractivity contribution >= 4 is 6.09 Å². The largest absolute Gasteiger partial charge is 0.444 e. The number of hydrogen-bond acceptors (Lipinski definition) is 2. The van der Waals surface area contributed by atoms with Crippen molar-refractivity contribution in [2.75, 3.05) is 0 Å². The van der Waals surface area contributed by atoms with Crippen LogP contribution in [-0.2, 0) is 4.74 Å². The number of amides is 1. The van der Waals surface area contributed by atoms with E-state index in [1.54, 1.807) is 0 Å². The van der Waals surface area contributed by atoms with E-state index in [0.29, 0.717) is 0 Å². The number of hydrogen-bond donors (Lipinski definition) is 1. The predicted molar refractivity (Wildman–Crippen MR) is 58.0 cm³/mol. The Morgan fingerprint density at radius 2 is 2.07 bits per heavy atom. The second kappa shape index (κ2) is 5.89. The maximum Gasteiger partial charge on any atom is 0.407 e. The van der Waals surface area contributed by atoms with E-state index in [1.165, 1.54) is 0 Å². The molecule has 14 heavy (non-hydrogen) atoms. The first-order valence-corrected chi connectivity index (χ1v) is 5.17. The number of nitrogens with one attached hydrogen (secondary N) is 1. The normalized spacial score (nSPS) is 13.5. The minimum atomic E-state index is -0.436. The Kier molecular flexibility index (Phi) is 5.58. The molecular formula is C11H22NO2. The summed E-state index contributed by atoms with van der Waals surface area (Å²) in [5.74, 6) is 0. The SMILES string of the molecule is [CH2]C(CCCC)NC(=O)OC(C)(C)C. The molecule has 1 radical (unpaired) electrons. The Hall–Kier alpha value is -0.730. The quantitative estimate of drug-likeness (QED) is 0.757. The number of carbonyl (C=O) groups is 1. The lowest BCUT2D eigenvalue weighted by molar-refractivity contribution is 0.0511. The van der Waals surface area contributed by atoms with Crippen molar-refractivity contribution in [3.63, 3.8) is 0 Å². The van der Waals surface area contributed by atoms with Gasteiger partial charge < -0.3 is 10.1 Å². The van der Waals surface area contributed by atoms with Crippen LogP contribution in [0.4, 0.5) is 4.79 Å². The zero-order valence-corrected chi connectivity index (χ0v) is 9.72. The van der Waals surface area contributed by atoms with Gasteiger partial charge in [-0.15, -0.1) is 0 Å². The number of unbranched alkanes of at least 4 members (excludes halogenated alkanes) is 1. The fourth-order valence-electron chi connectivity index (χ4n) is 0.997. The van der Waals surface area contributed by atoms with Crippen LogP contribution in [0.2, 0.25) is 0 Å². The van der Waals surface area contributed by atoms with Gasteiger partial charge in [0.1, 0.15) is 5.60 Å². The van der Waals surface area contributed by atoms with Crippen molar-refractivity contribution in [1.29, 1.82) is 0 Å². The van der Waals surface area contributed by atoms with Crippen molar-refractivity contribution in [3.8, 4) is 0 Å². The van der Waals surface area contributed by atoms with Gasteiger partial charge >= 0.3 is 6.09 Å². The highest BCUT2D eigenvalue weighted by molar-refractivity contribution is 5.68. The third-order valence-corrected chi connectivity index (χ3v) is 1.63. The zero-order chi connectivity index (χ0) is 11.2. The van der Waals surface area contributed by atoms with Crippen LogP contribution in [0.3, 0.4) is 0 Å². The second-order valence-electron chi connectivity index (χ2n) is 4.49. The van der Waals surface area contributed by atoms with Crippen LogP contribution in [0.15, 0.2) is 0 Å². The highest BCUT2D eigenvalue weighted by atomic mass is 16.6. The van der Waals surface area contributed by atoms with E-state index in [4.69, 9.17) is 4.74 Å². The van der Waals surface area contributed by atoms with Crippen LogP contribution in [0.25, 0.3) is 0 Å². The van der Waals surface area contributed by atoms with E-state index in [9.17, 15) is 4.79 Å². The van der Waals surface area contributed by atoms with Crippen LogP contribution in [0, 0.1) is 6.92 Å². The minimum Gasteiger partial charge on any atom is -0.444 e. The van der Waals surface area contributed by atoms with Crippen LogP contribution >= 0.6 is 0 Å². The van der Waals surface area contributed by atoms with Crippen LogP contribution in [0.1, 0.15) is 47.0 Å². The topological polar surface area (TPSA) is 38.3 Å². The molecule has 0 aromatic rings. The van der Waals surface area contributed by atoms with E-state index in [0.717, 1.165) is 19.3 Å². The van der Waals surface area contributed by atoms with Gasteiger partial charge in [0.05, 0.1) is 0 Å². The fourth-order valence-corrected chi connectivity index (χ4v) is 0.997. The lowest BCUT2D eigenvalue weighted by Gasteiger charge is -2.21. The van der Waals surface area contributed by atoms with Crippen LogP contribution < -0.4 is 5.32 Å². The summed E-state index contributed by atoms with van der Waals surface area (Å²) in [4.78, 5) is 11.3. The first-order valence-electron chi connectivity index (χ1n) is 5.17. The molecule has 0 bridgehead atoms. The minimum absolute atomic E-state index is 0.0511. The molecule has 3 heteroatoms. The Morgan fingerprint density at radius 3 is 2.50 bits per heavy atom. The highest BCUT2D eigenvalue weighted by Crippen LogP contribution is 2.07. The third-order valence-electron chi connectivity index (χ3n) is 1.63. The van der Waals surface area contributed by atoms with Crippen molar-refractivity contribution in [2.45, 2.75) is 58.6 Å². The fraction of sp³-hybridized carbons (Fsp3) is 0.818. The first kappa shape index (κ1) is 13.3. The van der Waals surface area contributed by atoms with Gasteiger partial charge in [-0.25, -0.2) is 4.79 Å². The zero-order valence-electron chi connectivity index (χ0n) is 9.72. The number of alkyl carbamates (subject to hydrolysis) is 1. The van der Waals surface area contributed by atoms with Crippen LogP contribution in [-0.4, -0.2) is 17.7 Å². The standard InChI is InChI=1S/C11H22NO2/c1-6-7-8-9(2)12-10(13)14-11(3,4)5/h9H,2,6-8H2,1,3-5H3,(H,12,13). The molecule has 0 heterocycles. The molecule has 0 aliphatic rings. The van der Waals surface area contributed by atoms with Crippen molar-refractivity contribution < 1.29 is 9.53 Å². The molecule has 0 spiro atoms. The molecule has 1 N–H and O–H groups in total. The Labute approximate surface area is 87.2 Å². The molecular weight excluding hydrogens is 178 g/mol. The van der Waals surface area contributed by atoms with Crippen molar-refractivity contribution in [3.05, 3.63) is 6.92 Å². The molecule has 0 aromatic carbocycles. The Morgan fingerprint density at radius 1 is 1.50 bits per heavy atom. The Balaban J connectivity index is 3.71. The Bertz CT molecular complexity index is 173. The summed E-state index contributed by atoms with van der Waals surface area (Å²) < 4.78 is 5.10. The summed E-state index contributed by atoms with van der Waals surface area (Å²) >= 11 is 0. The molecule has 0 fully saturated rings. The summed E-state index contributed by atoms with van der Waals surface area (Å²) in [5, 5.41) is 2.70. The second-order valence-corrected chi connectivity index (χ2v) is 4.49. The molecule has 0 aromatic heterocycles. The summed E-state index contributed by atoms with van der Waals surface area (Å²) in [6.07, 6.45) is 2.70. The van der Waals surface area contributed by atoms with Gasteiger partial charge in [-0.3, -0.25) is 0 Å². The number of ether oxygens (including phenoxy) is 1. The van der Waals surface area contributed by atoms with E-state index >= 15 is 0 Å². The number of carbonyl (C=O) groups excluding carboxylic acids is 1. The molecule has 3 nitrogen and oxygen atoms in total. The lowest BCUT2D eigenvalue weighted by Crippen LogP contribution is -2.37. The highest BCUT2D eigenvalue weighted by Gasteiger charge is 2.17. The molecule has 1 amide bonds. The predicted octanol–water partition coefficient (Wildman–Crippen LogP) is 2.90. The van der Waals surface area contributed by atoms with Crippen molar-refractivity contribution in [1.82, 2.24) is 5.32 Å². The van der Waals surface area contributed by atoms with Gasteiger partial charge in [-0.05, 0) is 34.1 Å². The van der Waals surface area contributed by atoms with E-state index in [1.807, 2.05) is 20.8 Å². The number of rotatable bonds is 4. The third kappa shape index (κ3) is 7.90. The average molecular weight is 200 g/mol. The summed E-state index contributed by atoms with van der Waals surface area (Å²) in [6, 6.07) is -0.0511. The van der Waals surface area contributed by atoms with Gasteiger partial charge in [0, 0.05) is 6.04 Å². The van der Waals surface area contributed by atoms with Gasteiger partial charge in [0.25, 0.3) is 0 Å². The van der Waals surface area contributed by atoms with Gasteiger partial charge in [-0.2, -0.15) is 0 Å². The van der Waals surface area contributed by atoms with E-state index in [2.05, 4.69) is 19.2 Å². The van der Waals surface area contributed by atoms with E-state index < -0.39 is 5.60 Å². The van der Waals surface area contributed by atoms with Gasteiger partial charge in [-0.1, -0.05) is 19.8 Å². The molecule has 1 unspecified atom stereocenters. The monoisotopic (exact) mass is 200 g/mol. The van der Waals surface area contributed by atoms with Crippen LogP contribution in [0.5, 0.6) is 0 Å². The lowest BCUT2D eigenvalue weighted by atomic mass is 10.1. The smallest absolute Gasteiger partial charge is 0.407 e. The average Bonchev–Trinajstić information content (AvgIpc) is 1.96. The van der Waals surface area contributed by atoms with E-state index in [-0.39, 0.29) is 12.1 Å². The molecule has 83 valence electrons. The molecule has 0 aliphatic carbocycles. The van der Waals surface area contributed by atoms with Gasteiger partial charge in [0.15, 0.2) is 0 Å². The maximum absolute atomic E-state index is 11.3. The molecule has 0 rings (SSSR count). The summed E-state index contributed by atoms with van der Waals surface area (Å²) in [7, 11) is 0. The molecule has 1 atom stereocenters. The first-order chi connectivity index (χ1) is 6.35. The van der Waals surface area contributed by atoms with Crippen molar-refractivity contribution in [2.24, 2.45) is 0 Å². The molecule has 0 saturated carbocycles. The summed E-state index contributed by atoms with van der Waals surface area (Å²) in [6.45, 7) is 11.5. The summed E-state index contributed by atoms with van der Waals surface area (Å²) in [5.41, 5.74) is -0.436. The molecule has 0 saturated heterocycles.